The molecule has 0 unspecified atom stereocenters. The molecule has 0 fully saturated rings. The Morgan fingerprint density at radius 3 is 2.73 bits per heavy atom. The number of phenolic OH excluding ortho intramolecular Hbond substituents is 1. The molecule has 0 radical (unpaired) electrons. The molecule has 2 N–H and O–H groups in total. The number of halogens is 1. The summed E-state index contributed by atoms with van der Waals surface area (Å²) >= 11 is 0. The van der Waals surface area contributed by atoms with Crippen LogP contribution in [0.2, 0.25) is 0 Å². The van der Waals surface area contributed by atoms with Crippen LogP contribution in [0.15, 0.2) is 23.4 Å². The van der Waals surface area contributed by atoms with Gasteiger partial charge in [-0.05, 0) is 12.1 Å². The fraction of sp³-hybridized carbons (Fsp3) is 0. The predicted molar refractivity (Wildman–Crippen MR) is 37.4 cm³/mol. The van der Waals surface area contributed by atoms with Gasteiger partial charge in [0, 0.05) is 11.6 Å². The normalized spacial score (nSPS) is 10.6. The monoisotopic (exact) mass is 155 g/mol. The lowest BCUT2D eigenvalue weighted by atomic mass is 10.2. The van der Waals surface area contributed by atoms with Crippen molar-refractivity contribution in [2.24, 2.45) is 5.16 Å². The van der Waals surface area contributed by atoms with E-state index in [-0.39, 0.29) is 11.3 Å². The Morgan fingerprint density at radius 2 is 2.18 bits per heavy atom. The Morgan fingerprint density at radius 1 is 1.45 bits per heavy atom. The van der Waals surface area contributed by atoms with Crippen LogP contribution in [0.3, 0.4) is 0 Å². The summed E-state index contributed by atoms with van der Waals surface area (Å²) in [6, 6.07) is 3.56. The van der Waals surface area contributed by atoms with Gasteiger partial charge in [0.2, 0.25) is 0 Å². The summed E-state index contributed by atoms with van der Waals surface area (Å²) < 4.78 is 12.7. The molecule has 0 saturated heterocycles. The summed E-state index contributed by atoms with van der Waals surface area (Å²) in [7, 11) is 0. The van der Waals surface area contributed by atoms with Crippen LogP contribution in [0.4, 0.5) is 4.39 Å². The van der Waals surface area contributed by atoms with Gasteiger partial charge in [-0.3, -0.25) is 0 Å². The topological polar surface area (TPSA) is 52.8 Å². The molecule has 3 nitrogen and oxygen atoms in total. The zero-order chi connectivity index (χ0) is 8.27. The minimum absolute atomic E-state index is 0.130. The fourth-order valence-electron chi connectivity index (χ4n) is 0.683. The average Bonchev–Trinajstić information content (AvgIpc) is 1.95. The molecule has 0 aliphatic rings. The molecule has 1 aromatic carbocycles. The Balaban J connectivity index is 3.09. The van der Waals surface area contributed by atoms with Crippen molar-refractivity contribution in [3.8, 4) is 5.75 Å². The minimum Gasteiger partial charge on any atom is -0.508 e. The first-order valence-corrected chi connectivity index (χ1v) is 2.90. The lowest BCUT2D eigenvalue weighted by Crippen LogP contribution is -1.86. The van der Waals surface area contributed by atoms with Crippen molar-refractivity contribution in [2.75, 3.05) is 0 Å². The van der Waals surface area contributed by atoms with Crippen molar-refractivity contribution in [3.63, 3.8) is 0 Å². The third kappa shape index (κ3) is 1.67. The van der Waals surface area contributed by atoms with Crippen LogP contribution in [0, 0.1) is 5.82 Å². The third-order valence-electron chi connectivity index (χ3n) is 1.18. The van der Waals surface area contributed by atoms with Crippen LogP contribution in [-0.2, 0) is 0 Å². The van der Waals surface area contributed by atoms with Gasteiger partial charge >= 0.3 is 0 Å². The largest absolute Gasteiger partial charge is 0.508 e. The second-order valence-electron chi connectivity index (χ2n) is 1.95. The van der Waals surface area contributed by atoms with Crippen LogP contribution >= 0.6 is 0 Å². The van der Waals surface area contributed by atoms with E-state index in [4.69, 9.17) is 10.3 Å². The molecule has 0 amide bonds. The predicted octanol–water partition coefficient (Wildman–Crippen LogP) is 1.34. The highest BCUT2D eigenvalue weighted by Crippen LogP contribution is 2.12. The summed E-state index contributed by atoms with van der Waals surface area (Å²) in [5.41, 5.74) is 0.130. The van der Waals surface area contributed by atoms with Crippen molar-refractivity contribution in [2.45, 2.75) is 0 Å². The number of phenols is 1. The lowest BCUT2D eigenvalue weighted by molar-refractivity contribution is 0.321. The Labute approximate surface area is 62.4 Å². The number of hydrogen-bond acceptors (Lipinski definition) is 3. The van der Waals surface area contributed by atoms with Crippen molar-refractivity contribution in [1.29, 1.82) is 0 Å². The number of hydrogen-bond donors (Lipinski definition) is 2. The fourth-order valence-corrected chi connectivity index (χ4v) is 0.683. The van der Waals surface area contributed by atoms with Gasteiger partial charge in [0.05, 0.1) is 6.21 Å². The van der Waals surface area contributed by atoms with Crippen molar-refractivity contribution in [1.82, 2.24) is 0 Å². The molecule has 0 saturated carbocycles. The minimum atomic E-state index is -0.622. The smallest absolute Gasteiger partial charge is 0.135 e. The van der Waals surface area contributed by atoms with Gasteiger partial charge in [-0.1, -0.05) is 5.16 Å². The standard InChI is InChI=1S/C7H6FNO2/c8-7-3-6(10)2-1-5(7)4-9-11/h1-4,10-11H/b9-4-. The van der Waals surface area contributed by atoms with E-state index < -0.39 is 5.82 Å². The molecule has 0 aromatic heterocycles. The first kappa shape index (κ1) is 7.53. The maximum atomic E-state index is 12.7. The van der Waals surface area contributed by atoms with Crippen molar-refractivity contribution in [3.05, 3.63) is 29.6 Å². The number of aromatic hydroxyl groups is 1. The van der Waals surface area contributed by atoms with Gasteiger partial charge in [-0.15, -0.1) is 0 Å². The molecule has 0 bridgehead atoms. The van der Waals surface area contributed by atoms with E-state index in [2.05, 4.69) is 5.16 Å². The second-order valence-corrected chi connectivity index (χ2v) is 1.95. The summed E-state index contributed by atoms with van der Waals surface area (Å²) in [6.07, 6.45) is 0.953. The molecule has 0 aliphatic heterocycles. The third-order valence-corrected chi connectivity index (χ3v) is 1.18. The van der Waals surface area contributed by atoms with Gasteiger partial charge in [0.1, 0.15) is 11.6 Å². The molecule has 0 spiro atoms. The van der Waals surface area contributed by atoms with E-state index in [1.165, 1.54) is 12.1 Å². The van der Waals surface area contributed by atoms with Crippen molar-refractivity contribution < 1.29 is 14.7 Å². The Hall–Kier alpha value is -1.58. The van der Waals surface area contributed by atoms with Gasteiger partial charge < -0.3 is 10.3 Å². The second kappa shape index (κ2) is 3.01. The zero-order valence-corrected chi connectivity index (χ0v) is 5.53. The highest BCUT2D eigenvalue weighted by atomic mass is 19.1. The summed E-state index contributed by atoms with van der Waals surface area (Å²) in [5.74, 6) is -0.777. The first-order chi connectivity index (χ1) is 5.24. The molecular weight excluding hydrogens is 149 g/mol. The summed E-state index contributed by atoms with van der Waals surface area (Å²) in [5, 5.41) is 19.5. The zero-order valence-electron chi connectivity index (χ0n) is 5.53. The summed E-state index contributed by atoms with van der Waals surface area (Å²) in [6.45, 7) is 0. The van der Waals surface area contributed by atoms with Crippen LogP contribution in [0.5, 0.6) is 5.75 Å². The molecule has 11 heavy (non-hydrogen) atoms. The number of nitrogens with zero attached hydrogens (tertiary/aromatic N) is 1. The van der Waals surface area contributed by atoms with Crippen LogP contribution in [-0.4, -0.2) is 16.5 Å². The molecule has 58 valence electrons. The number of oxime groups is 1. The quantitative estimate of drug-likeness (QED) is 0.365. The molecule has 0 atom stereocenters. The van der Waals surface area contributed by atoms with Gasteiger partial charge in [0.15, 0.2) is 0 Å². The molecule has 1 rings (SSSR count). The van der Waals surface area contributed by atoms with E-state index in [1.54, 1.807) is 0 Å². The lowest BCUT2D eigenvalue weighted by Gasteiger charge is -1.94. The maximum absolute atomic E-state index is 12.7. The Bertz CT molecular complexity index is 286. The van der Waals surface area contributed by atoms with Crippen LogP contribution in [0.25, 0.3) is 0 Å². The van der Waals surface area contributed by atoms with Crippen molar-refractivity contribution >= 4 is 6.21 Å². The SMILES string of the molecule is O/N=C\c1ccc(O)cc1F. The number of rotatable bonds is 1. The molecular formula is C7H6FNO2. The van der Waals surface area contributed by atoms with Gasteiger partial charge in [-0.25, -0.2) is 4.39 Å². The van der Waals surface area contributed by atoms with Gasteiger partial charge in [-0.2, -0.15) is 0 Å². The highest BCUT2D eigenvalue weighted by molar-refractivity contribution is 5.79. The van der Waals surface area contributed by atoms with E-state index in [0.717, 1.165) is 12.3 Å². The van der Waals surface area contributed by atoms with E-state index in [1.807, 2.05) is 0 Å². The molecule has 0 aliphatic carbocycles. The van der Waals surface area contributed by atoms with Crippen LogP contribution < -0.4 is 0 Å². The van der Waals surface area contributed by atoms with Gasteiger partial charge in [0.25, 0.3) is 0 Å². The molecule has 4 heteroatoms. The summed E-state index contributed by atoms with van der Waals surface area (Å²) in [4.78, 5) is 0. The molecule has 1 aromatic rings. The van der Waals surface area contributed by atoms with Crippen LogP contribution in [0.1, 0.15) is 5.56 Å². The number of benzene rings is 1. The maximum Gasteiger partial charge on any atom is 0.135 e. The van der Waals surface area contributed by atoms with E-state index >= 15 is 0 Å². The van der Waals surface area contributed by atoms with E-state index in [0.29, 0.717) is 0 Å². The Kier molecular flexibility index (Phi) is 2.06. The average molecular weight is 155 g/mol. The first-order valence-electron chi connectivity index (χ1n) is 2.90. The highest BCUT2D eigenvalue weighted by Gasteiger charge is 1.99. The van der Waals surface area contributed by atoms with E-state index in [9.17, 15) is 4.39 Å². The molecule has 0 heterocycles.